The summed E-state index contributed by atoms with van der Waals surface area (Å²) < 4.78 is 0. The summed E-state index contributed by atoms with van der Waals surface area (Å²) in [5, 5.41) is 3.73. The average Bonchev–Trinajstić information content (AvgIpc) is 2.23. The third-order valence-corrected chi connectivity index (χ3v) is 6.71. The molecule has 0 aromatic heterocycles. The monoisotopic (exact) mass is 233 g/mol. The summed E-state index contributed by atoms with van der Waals surface area (Å²) in [6.45, 7) is 0. The second-order valence-corrected chi connectivity index (χ2v) is 7.51. The van der Waals surface area contributed by atoms with E-state index < -0.39 is 0 Å². The van der Waals surface area contributed by atoms with E-state index >= 15 is 0 Å². The normalized spacial score (nSPS) is 50.3. The Bertz CT molecular complexity index is 266. The highest BCUT2D eigenvalue weighted by molar-refractivity contribution is 5.03. The van der Waals surface area contributed by atoms with Gasteiger partial charge in [0, 0.05) is 6.04 Å². The summed E-state index contributed by atoms with van der Waals surface area (Å²) in [5.74, 6) is 6.55. The molecular weight excluding hydrogens is 206 g/mol. The Morgan fingerprint density at radius 3 is 1.88 bits per heavy atom. The van der Waals surface area contributed by atoms with E-state index in [0.717, 1.165) is 41.5 Å². The molecule has 17 heavy (non-hydrogen) atoms. The molecule has 0 saturated heterocycles. The van der Waals surface area contributed by atoms with Crippen LogP contribution < -0.4 is 5.32 Å². The Labute approximate surface area is 106 Å². The van der Waals surface area contributed by atoms with Gasteiger partial charge in [-0.15, -0.1) is 0 Å². The Kier molecular flexibility index (Phi) is 2.54. The summed E-state index contributed by atoms with van der Waals surface area (Å²) in [5.41, 5.74) is 0. The van der Waals surface area contributed by atoms with Gasteiger partial charge < -0.3 is 5.32 Å². The molecule has 5 aliphatic rings. The zero-order valence-corrected chi connectivity index (χ0v) is 11.2. The van der Waals surface area contributed by atoms with E-state index in [1.54, 1.807) is 32.1 Å². The molecule has 5 aliphatic carbocycles. The maximum Gasteiger partial charge on any atom is 0.0126 e. The van der Waals surface area contributed by atoms with Crippen molar-refractivity contribution in [2.75, 3.05) is 7.05 Å². The van der Waals surface area contributed by atoms with E-state index in [-0.39, 0.29) is 0 Å². The van der Waals surface area contributed by atoms with Crippen LogP contribution in [0.25, 0.3) is 0 Å². The first-order chi connectivity index (χ1) is 8.35. The predicted molar refractivity (Wildman–Crippen MR) is 70.7 cm³/mol. The van der Waals surface area contributed by atoms with Crippen LogP contribution in [0.1, 0.15) is 51.4 Å². The molecule has 0 heterocycles. The van der Waals surface area contributed by atoms with E-state index in [1.165, 1.54) is 19.3 Å². The van der Waals surface area contributed by atoms with Crippen molar-refractivity contribution in [3.05, 3.63) is 0 Å². The Morgan fingerprint density at radius 2 is 1.47 bits per heavy atom. The molecule has 0 spiro atoms. The molecule has 5 rings (SSSR count). The van der Waals surface area contributed by atoms with Crippen LogP contribution in [-0.4, -0.2) is 13.1 Å². The van der Waals surface area contributed by atoms with Gasteiger partial charge in [-0.05, 0) is 87.5 Å². The Morgan fingerprint density at radius 1 is 0.882 bits per heavy atom. The molecule has 1 heteroatoms. The van der Waals surface area contributed by atoms with Crippen LogP contribution in [0.2, 0.25) is 0 Å². The van der Waals surface area contributed by atoms with Gasteiger partial charge in [0.15, 0.2) is 0 Å². The van der Waals surface area contributed by atoms with E-state index in [0.29, 0.717) is 0 Å². The van der Waals surface area contributed by atoms with Crippen molar-refractivity contribution >= 4 is 0 Å². The minimum Gasteiger partial charge on any atom is -0.316 e. The maximum absolute atomic E-state index is 3.73. The molecule has 4 bridgehead atoms. The van der Waals surface area contributed by atoms with Crippen molar-refractivity contribution in [1.82, 2.24) is 5.32 Å². The lowest BCUT2D eigenvalue weighted by atomic mass is 9.49. The maximum atomic E-state index is 3.73. The fourth-order valence-corrected chi connectivity index (χ4v) is 6.10. The van der Waals surface area contributed by atoms with Crippen LogP contribution >= 0.6 is 0 Å². The Hall–Kier alpha value is -0.0400. The van der Waals surface area contributed by atoms with Gasteiger partial charge >= 0.3 is 0 Å². The zero-order chi connectivity index (χ0) is 11.4. The van der Waals surface area contributed by atoms with E-state index in [4.69, 9.17) is 0 Å². The lowest BCUT2D eigenvalue weighted by Crippen LogP contribution is -2.55. The van der Waals surface area contributed by atoms with E-state index in [2.05, 4.69) is 12.4 Å². The molecule has 1 atom stereocenters. The van der Waals surface area contributed by atoms with Crippen molar-refractivity contribution in [2.45, 2.75) is 57.4 Å². The van der Waals surface area contributed by atoms with Crippen LogP contribution in [0.5, 0.6) is 0 Å². The standard InChI is InChI=1S/C16H27N/c1-17-16(12-3-2-4-12)15-13-6-10-5-11(8-13)9-14(15)7-10/h10-17H,2-9H2,1H3. The van der Waals surface area contributed by atoms with E-state index in [9.17, 15) is 0 Å². The number of hydrogen-bond donors (Lipinski definition) is 1. The molecule has 0 aromatic rings. The summed E-state index contributed by atoms with van der Waals surface area (Å²) in [6.07, 6.45) is 12.4. The fourth-order valence-electron chi connectivity index (χ4n) is 6.10. The van der Waals surface area contributed by atoms with Gasteiger partial charge in [-0.1, -0.05) is 6.42 Å². The summed E-state index contributed by atoms with van der Waals surface area (Å²) >= 11 is 0. The molecule has 1 nitrogen and oxygen atoms in total. The van der Waals surface area contributed by atoms with Crippen molar-refractivity contribution in [1.29, 1.82) is 0 Å². The smallest absolute Gasteiger partial charge is 0.0126 e. The second-order valence-electron chi connectivity index (χ2n) is 7.51. The van der Waals surface area contributed by atoms with Crippen LogP contribution in [0.3, 0.4) is 0 Å². The highest BCUT2D eigenvalue weighted by atomic mass is 14.9. The summed E-state index contributed by atoms with van der Waals surface area (Å²) in [6, 6.07) is 0.874. The van der Waals surface area contributed by atoms with Crippen molar-refractivity contribution in [2.24, 2.45) is 35.5 Å². The Balaban J connectivity index is 1.56. The first-order valence-electron chi connectivity index (χ1n) is 8.02. The topological polar surface area (TPSA) is 12.0 Å². The third-order valence-electron chi connectivity index (χ3n) is 6.71. The highest BCUT2D eigenvalue weighted by Crippen LogP contribution is 2.58. The zero-order valence-electron chi connectivity index (χ0n) is 11.2. The third kappa shape index (κ3) is 1.61. The van der Waals surface area contributed by atoms with Gasteiger partial charge in [-0.25, -0.2) is 0 Å². The van der Waals surface area contributed by atoms with Gasteiger partial charge in [0.05, 0.1) is 0 Å². The molecule has 1 N–H and O–H groups in total. The highest BCUT2D eigenvalue weighted by Gasteiger charge is 2.51. The van der Waals surface area contributed by atoms with Crippen LogP contribution in [0.15, 0.2) is 0 Å². The molecule has 96 valence electrons. The quantitative estimate of drug-likeness (QED) is 0.787. The lowest BCUT2D eigenvalue weighted by Gasteiger charge is -2.58. The van der Waals surface area contributed by atoms with Crippen LogP contribution in [0.4, 0.5) is 0 Å². The predicted octanol–water partition coefficient (Wildman–Crippen LogP) is 3.45. The number of rotatable bonds is 3. The molecule has 0 amide bonds. The van der Waals surface area contributed by atoms with Gasteiger partial charge in [-0.2, -0.15) is 0 Å². The first kappa shape index (κ1) is 10.8. The molecule has 5 fully saturated rings. The SMILES string of the molecule is CNC(C1CCC1)C1C2CC3CC(C2)CC1C3. The fraction of sp³-hybridized carbons (Fsp3) is 1.00. The lowest BCUT2D eigenvalue weighted by molar-refractivity contribution is -0.0653. The van der Waals surface area contributed by atoms with Crippen molar-refractivity contribution in [3.8, 4) is 0 Å². The molecule has 0 aromatic carbocycles. The van der Waals surface area contributed by atoms with Gasteiger partial charge in [0.2, 0.25) is 0 Å². The minimum absolute atomic E-state index is 0.874. The van der Waals surface area contributed by atoms with E-state index in [1.807, 2.05) is 0 Å². The van der Waals surface area contributed by atoms with Gasteiger partial charge in [0.25, 0.3) is 0 Å². The second kappa shape index (κ2) is 3.98. The minimum atomic E-state index is 0.874. The molecule has 1 unspecified atom stereocenters. The van der Waals surface area contributed by atoms with Crippen molar-refractivity contribution < 1.29 is 0 Å². The number of hydrogen-bond acceptors (Lipinski definition) is 1. The molecular formula is C16H27N. The average molecular weight is 233 g/mol. The van der Waals surface area contributed by atoms with Gasteiger partial charge in [0.1, 0.15) is 0 Å². The number of nitrogens with one attached hydrogen (secondary N) is 1. The van der Waals surface area contributed by atoms with Gasteiger partial charge in [-0.3, -0.25) is 0 Å². The molecule has 5 saturated carbocycles. The van der Waals surface area contributed by atoms with Crippen molar-refractivity contribution in [3.63, 3.8) is 0 Å². The van der Waals surface area contributed by atoms with Crippen LogP contribution in [-0.2, 0) is 0 Å². The molecule has 0 aliphatic heterocycles. The first-order valence-corrected chi connectivity index (χ1v) is 8.02. The summed E-state index contributed by atoms with van der Waals surface area (Å²) in [7, 11) is 2.23. The largest absolute Gasteiger partial charge is 0.316 e. The van der Waals surface area contributed by atoms with Crippen LogP contribution in [0, 0.1) is 35.5 Å². The molecule has 0 radical (unpaired) electrons. The summed E-state index contributed by atoms with van der Waals surface area (Å²) in [4.78, 5) is 0.